The lowest BCUT2D eigenvalue weighted by Gasteiger charge is -2.18. The number of amides is 1. The largest absolute Gasteiger partial charge is 0.331 e. The first-order valence-electron chi connectivity index (χ1n) is 5.22. The number of Topliss-reactive ketones (excluding diaryl/α,β-unsaturated/α-hetero) is 2. The zero-order valence-electron chi connectivity index (χ0n) is 9.27. The summed E-state index contributed by atoms with van der Waals surface area (Å²) in [4.78, 5) is 35.4. The molecule has 1 N–H and O–H groups in total. The van der Waals surface area contributed by atoms with Crippen molar-refractivity contribution in [1.82, 2.24) is 5.32 Å². The van der Waals surface area contributed by atoms with Gasteiger partial charge in [0.2, 0.25) is 5.91 Å². The summed E-state index contributed by atoms with van der Waals surface area (Å²) in [6.45, 7) is 1.58. The van der Waals surface area contributed by atoms with Crippen LogP contribution in [0.1, 0.15) is 17.3 Å². The third-order valence-electron chi connectivity index (χ3n) is 2.66. The van der Waals surface area contributed by atoms with Crippen molar-refractivity contribution in [3.05, 3.63) is 47.7 Å². The molecule has 4 nitrogen and oxygen atoms in total. The van der Waals surface area contributed by atoms with Gasteiger partial charge in [-0.1, -0.05) is 30.3 Å². The normalized spacial score (nSPS) is 19.6. The highest BCUT2D eigenvalue weighted by atomic mass is 16.2. The zero-order valence-corrected chi connectivity index (χ0v) is 9.27. The Morgan fingerprint density at radius 3 is 2.47 bits per heavy atom. The Balaban J connectivity index is 2.35. The first-order chi connectivity index (χ1) is 8.11. The molecule has 0 spiro atoms. The van der Waals surface area contributed by atoms with E-state index in [1.165, 1.54) is 6.20 Å². The average Bonchev–Trinajstić information content (AvgIpc) is 2.35. The van der Waals surface area contributed by atoms with Gasteiger partial charge in [-0.15, -0.1) is 0 Å². The number of carbonyl (C=O) groups excluding carboxylic acids is 3. The van der Waals surface area contributed by atoms with Gasteiger partial charge in [0.05, 0.1) is 0 Å². The smallest absolute Gasteiger partial charge is 0.242 e. The monoisotopic (exact) mass is 229 g/mol. The Morgan fingerprint density at radius 1 is 1.18 bits per heavy atom. The summed E-state index contributed by atoms with van der Waals surface area (Å²) in [5.41, 5.74) is 0.759. The van der Waals surface area contributed by atoms with Crippen LogP contribution in [0.25, 0.3) is 0 Å². The van der Waals surface area contributed by atoms with Gasteiger partial charge in [0, 0.05) is 17.3 Å². The molecule has 0 fully saturated rings. The van der Waals surface area contributed by atoms with Gasteiger partial charge < -0.3 is 5.32 Å². The topological polar surface area (TPSA) is 63.2 Å². The van der Waals surface area contributed by atoms with E-state index in [1.54, 1.807) is 37.3 Å². The molecular formula is C13H11NO3. The van der Waals surface area contributed by atoms with Gasteiger partial charge in [-0.3, -0.25) is 14.4 Å². The summed E-state index contributed by atoms with van der Waals surface area (Å²) in [5, 5.41) is 2.42. The summed E-state index contributed by atoms with van der Waals surface area (Å²) in [6, 6.07) is 8.35. The molecule has 1 unspecified atom stereocenters. The van der Waals surface area contributed by atoms with E-state index in [1.807, 2.05) is 0 Å². The maximum Gasteiger partial charge on any atom is 0.242 e. The molecule has 17 heavy (non-hydrogen) atoms. The zero-order chi connectivity index (χ0) is 12.4. The maximum absolute atomic E-state index is 12.1. The predicted octanol–water partition coefficient (Wildman–Crippen LogP) is 1.09. The lowest BCUT2D eigenvalue weighted by atomic mass is 9.88. The predicted molar refractivity (Wildman–Crippen MR) is 61.2 cm³/mol. The van der Waals surface area contributed by atoms with E-state index < -0.39 is 23.4 Å². The third kappa shape index (κ3) is 2.01. The average molecular weight is 229 g/mol. The molecule has 1 atom stereocenters. The second-order valence-electron chi connectivity index (χ2n) is 3.86. The van der Waals surface area contributed by atoms with Crippen molar-refractivity contribution in [2.45, 2.75) is 6.92 Å². The Kier molecular flexibility index (Phi) is 2.87. The first-order valence-corrected chi connectivity index (χ1v) is 5.22. The van der Waals surface area contributed by atoms with E-state index in [-0.39, 0.29) is 0 Å². The van der Waals surface area contributed by atoms with Crippen molar-refractivity contribution in [3.63, 3.8) is 0 Å². The summed E-state index contributed by atoms with van der Waals surface area (Å²) in [6.07, 6.45) is 1.33. The minimum Gasteiger partial charge on any atom is -0.331 e. The molecule has 0 radical (unpaired) electrons. The number of nitrogens with one attached hydrogen (secondary N) is 1. The molecule has 1 aromatic carbocycles. The fourth-order valence-corrected chi connectivity index (χ4v) is 1.69. The molecule has 0 saturated heterocycles. The van der Waals surface area contributed by atoms with Crippen LogP contribution in [0.15, 0.2) is 42.1 Å². The summed E-state index contributed by atoms with van der Waals surface area (Å²) < 4.78 is 0. The van der Waals surface area contributed by atoms with Crippen molar-refractivity contribution >= 4 is 17.5 Å². The Hall–Kier alpha value is -2.23. The quantitative estimate of drug-likeness (QED) is 0.610. The molecule has 2 rings (SSSR count). The first kappa shape index (κ1) is 11.3. The highest BCUT2D eigenvalue weighted by Gasteiger charge is 2.37. The second-order valence-corrected chi connectivity index (χ2v) is 3.86. The summed E-state index contributed by atoms with van der Waals surface area (Å²) >= 11 is 0. The number of rotatable bonds is 2. The molecule has 4 heteroatoms. The number of hydrogen-bond donors (Lipinski definition) is 1. The molecule has 1 aromatic rings. The molecule has 1 amide bonds. The Labute approximate surface area is 98.3 Å². The Bertz CT molecular complexity index is 517. The van der Waals surface area contributed by atoms with Crippen LogP contribution >= 0.6 is 0 Å². The van der Waals surface area contributed by atoms with Crippen LogP contribution in [0.2, 0.25) is 0 Å². The third-order valence-corrected chi connectivity index (χ3v) is 2.66. The van der Waals surface area contributed by atoms with Crippen LogP contribution < -0.4 is 5.32 Å². The molecule has 1 aliphatic heterocycles. The molecule has 0 bridgehead atoms. The minimum atomic E-state index is -1.25. The van der Waals surface area contributed by atoms with Gasteiger partial charge >= 0.3 is 0 Å². The van der Waals surface area contributed by atoms with E-state index in [4.69, 9.17) is 0 Å². The molecule has 1 heterocycles. The molecular weight excluding hydrogens is 218 g/mol. The SMILES string of the molecule is CC1=CNC(=O)C(C(=O)c2ccccc2)C1=O. The molecule has 0 aromatic heterocycles. The van der Waals surface area contributed by atoms with Gasteiger partial charge in [0.1, 0.15) is 0 Å². The number of hydrogen-bond acceptors (Lipinski definition) is 3. The fourth-order valence-electron chi connectivity index (χ4n) is 1.69. The van der Waals surface area contributed by atoms with Crippen LogP contribution in [0, 0.1) is 5.92 Å². The molecule has 86 valence electrons. The lowest BCUT2D eigenvalue weighted by molar-refractivity contribution is -0.130. The number of ketones is 2. The van der Waals surface area contributed by atoms with E-state index >= 15 is 0 Å². The lowest BCUT2D eigenvalue weighted by Crippen LogP contribution is -2.42. The van der Waals surface area contributed by atoms with Gasteiger partial charge in [-0.05, 0) is 6.92 Å². The van der Waals surface area contributed by atoms with E-state index in [0.29, 0.717) is 11.1 Å². The van der Waals surface area contributed by atoms with Gasteiger partial charge in [0.15, 0.2) is 17.5 Å². The standard InChI is InChI=1S/C13H11NO3/c1-8-7-14-13(17)10(11(8)15)12(16)9-5-3-2-4-6-9/h2-7,10H,1H3,(H,14,17). The van der Waals surface area contributed by atoms with Gasteiger partial charge in [-0.2, -0.15) is 0 Å². The van der Waals surface area contributed by atoms with Crippen molar-refractivity contribution in [2.24, 2.45) is 5.92 Å². The summed E-state index contributed by atoms with van der Waals surface area (Å²) in [5.74, 6) is -2.69. The van der Waals surface area contributed by atoms with E-state index in [9.17, 15) is 14.4 Å². The van der Waals surface area contributed by atoms with Crippen molar-refractivity contribution in [3.8, 4) is 0 Å². The molecule has 0 saturated carbocycles. The van der Waals surface area contributed by atoms with Crippen LogP contribution in [0.5, 0.6) is 0 Å². The second kappa shape index (κ2) is 4.33. The number of allylic oxidation sites excluding steroid dienone is 1. The van der Waals surface area contributed by atoms with Gasteiger partial charge in [0.25, 0.3) is 0 Å². The fraction of sp³-hybridized carbons (Fsp3) is 0.154. The number of carbonyl (C=O) groups is 3. The minimum absolute atomic E-state index is 0.371. The Morgan fingerprint density at radius 2 is 1.82 bits per heavy atom. The van der Waals surface area contributed by atoms with Crippen molar-refractivity contribution in [1.29, 1.82) is 0 Å². The van der Waals surface area contributed by atoms with Gasteiger partial charge in [-0.25, -0.2) is 0 Å². The number of benzene rings is 1. The van der Waals surface area contributed by atoms with Crippen molar-refractivity contribution < 1.29 is 14.4 Å². The van der Waals surface area contributed by atoms with Crippen LogP contribution in [0.3, 0.4) is 0 Å². The van der Waals surface area contributed by atoms with E-state index in [0.717, 1.165) is 0 Å². The van der Waals surface area contributed by atoms with Crippen LogP contribution in [-0.2, 0) is 9.59 Å². The maximum atomic E-state index is 12.1. The molecule has 1 aliphatic rings. The van der Waals surface area contributed by atoms with E-state index in [2.05, 4.69) is 5.32 Å². The molecule has 0 aliphatic carbocycles. The summed E-state index contributed by atoms with van der Waals surface area (Å²) in [7, 11) is 0. The van der Waals surface area contributed by atoms with Crippen LogP contribution in [0.4, 0.5) is 0 Å². The van der Waals surface area contributed by atoms with Crippen molar-refractivity contribution in [2.75, 3.05) is 0 Å². The highest BCUT2D eigenvalue weighted by molar-refractivity contribution is 6.28. The van der Waals surface area contributed by atoms with Crippen LogP contribution in [-0.4, -0.2) is 17.5 Å². The highest BCUT2D eigenvalue weighted by Crippen LogP contribution is 2.17.